The number of carbonyl (C=O) groups excluding carboxylic acids is 2. The summed E-state index contributed by atoms with van der Waals surface area (Å²) < 4.78 is 43.8. The summed E-state index contributed by atoms with van der Waals surface area (Å²) in [7, 11) is 0. The fourth-order valence-electron chi connectivity index (χ4n) is 3.78. The Kier molecular flexibility index (Phi) is 6.36. The van der Waals surface area contributed by atoms with Crippen molar-refractivity contribution >= 4 is 28.7 Å². The molecular weight excluding hydrogens is 451 g/mol. The van der Waals surface area contributed by atoms with Gasteiger partial charge in [0.2, 0.25) is 0 Å². The third kappa shape index (κ3) is 4.63. The maximum absolute atomic E-state index is 12.9. The van der Waals surface area contributed by atoms with Crippen molar-refractivity contribution in [2.45, 2.75) is 20.0 Å². The van der Waals surface area contributed by atoms with E-state index < -0.39 is 23.7 Å². The molecule has 3 aromatic rings. The van der Waals surface area contributed by atoms with Crippen LogP contribution in [0, 0.1) is 6.92 Å². The lowest BCUT2D eigenvalue weighted by Gasteiger charge is -2.36. The average Bonchev–Trinajstić information content (AvgIpc) is 2.82. The third-order valence-electron chi connectivity index (χ3n) is 5.49. The maximum Gasteiger partial charge on any atom is 0.433 e. The van der Waals surface area contributed by atoms with Crippen LogP contribution >= 0.6 is 0 Å². The standard InChI is InChI=1S/C23H22F3N5O3/c1-3-34-22(33)19-20(29-17-7-5-4-6-16(17)28-19)30-10-12-31(13-11-30)21(32)15-8-9-18(23(24,25)26)27-14(15)2/h4-9H,3,10-13H2,1-2H3. The first kappa shape index (κ1) is 23.4. The molecule has 4 rings (SSSR count). The Morgan fingerprint density at radius 2 is 1.62 bits per heavy atom. The number of halogens is 3. The summed E-state index contributed by atoms with van der Waals surface area (Å²) >= 11 is 0. The molecule has 178 valence electrons. The highest BCUT2D eigenvalue weighted by molar-refractivity contribution is 5.96. The summed E-state index contributed by atoms with van der Waals surface area (Å²) in [5.41, 5.74) is 0.395. The molecule has 1 aliphatic rings. The second-order valence-corrected chi connectivity index (χ2v) is 7.71. The molecule has 1 aromatic carbocycles. The summed E-state index contributed by atoms with van der Waals surface area (Å²) in [5, 5.41) is 0. The van der Waals surface area contributed by atoms with Gasteiger partial charge in [-0.15, -0.1) is 0 Å². The number of rotatable bonds is 4. The number of para-hydroxylation sites is 2. The van der Waals surface area contributed by atoms with E-state index in [4.69, 9.17) is 4.74 Å². The van der Waals surface area contributed by atoms with Gasteiger partial charge in [0, 0.05) is 26.2 Å². The van der Waals surface area contributed by atoms with Crippen LogP contribution < -0.4 is 4.90 Å². The zero-order valence-electron chi connectivity index (χ0n) is 18.6. The Bertz CT molecular complexity index is 1240. The molecule has 1 amide bonds. The van der Waals surface area contributed by atoms with Crippen molar-refractivity contribution in [2.24, 2.45) is 0 Å². The van der Waals surface area contributed by atoms with E-state index >= 15 is 0 Å². The van der Waals surface area contributed by atoms with E-state index in [0.717, 1.165) is 12.1 Å². The average molecular weight is 473 g/mol. The van der Waals surface area contributed by atoms with E-state index in [1.807, 2.05) is 11.0 Å². The molecule has 0 atom stereocenters. The highest BCUT2D eigenvalue weighted by Crippen LogP contribution is 2.29. The molecule has 34 heavy (non-hydrogen) atoms. The first-order chi connectivity index (χ1) is 16.2. The van der Waals surface area contributed by atoms with Crippen molar-refractivity contribution in [1.29, 1.82) is 0 Å². The van der Waals surface area contributed by atoms with E-state index in [1.165, 1.54) is 6.92 Å². The monoisotopic (exact) mass is 473 g/mol. The second kappa shape index (κ2) is 9.24. The quantitative estimate of drug-likeness (QED) is 0.536. The minimum absolute atomic E-state index is 0.0206. The van der Waals surface area contributed by atoms with Gasteiger partial charge in [-0.05, 0) is 38.1 Å². The minimum Gasteiger partial charge on any atom is -0.461 e. The molecule has 11 heteroatoms. The number of fused-ring (bicyclic) bond motifs is 1. The summed E-state index contributed by atoms with van der Waals surface area (Å²) in [6.45, 7) is 4.57. The van der Waals surface area contributed by atoms with Crippen molar-refractivity contribution in [3.8, 4) is 0 Å². The van der Waals surface area contributed by atoms with E-state index in [-0.39, 0.29) is 36.6 Å². The molecule has 0 saturated carbocycles. The first-order valence-corrected chi connectivity index (χ1v) is 10.7. The third-order valence-corrected chi connectivity index (χ3v) is 5.49. The smallest absolute Gasteiger partial charge is 0.433 e. The minimum atomic E-state index is -4.57. The van der Waals surface area contributed by atoms with Crippen LogP contribution in [0.4, 0.5) is 19.0 Å². The Morgan fingerprint density at radius 1 is 0.971 bits per heavy atom. The van der Waals surface area contributed by atoms with Crippen LogP contribution in [-0.4, -0.2) is 64.5 Å². The number of alkyl halides is 3. The molecule has 0 unspecified atom stereocenters. The number of aromatic nitrogens is 3. The number of carbonyl (C=O) groups is 2. The van der Waals surface area contributed by atoms with Crippen LogP contribution in [0.15, 0.2) is 36.4 Å². The van der Waals surface area contributed by atoms with Crippen LogP contribution in [-0.2, 0) is 10.9 Å². The number of piperazine rings is 1. The highest BCUT2D eigenvalue weighted by Gasteiger charge is 2.34. The molecule has 0 spiro atoms. The van der Waals surface area contributed by atoms with Gasteiger partial charge < -0.3 is 14.5 Å². The lowest BCUT2D eigenvalue weighted by atomic mass is 10.1. The van der Waals surface area contributed by atoms with Gasteiger partial charge in [0.25, 0.3) is 5.91 Å². The molecule has 1 aliphatic heterocycles. The normalized spacial score (nSPS) is 14.4. The molecule has 0 aliphatic carbocycles. The van der Waals surface area contributed by atoms with Gasteiger partial charge in [-0.25, -0.2) is 19.7 Å². The number of hydrogen-bond donors (Lipinski definition) is 0. The maximum atomic E-state index is 12.9. The summed E-state index contributed by atoms with van der Waals surface area (Å²) in [6.07, 6.45) is -4.57. The number of hydrogen-bond acceptors (Lipinski definition) is 7. The Hall–Kier alpha value is -3.76. The molecule has 1 saturated heterocycles. The summed E-state index contributed by atoms with van der Waals surface area (Å²) in [4.78, 5) is 41.5. The van der Waals surface area contributed by atoms with Gasteiger partial charge in [0.15, 0.2) is 11.5 Å². The van der Waals surface area contributed by atoms with Gasteiger partial charge in [-0.2, -0.15) is 13.2 Å². The van der Waals surface area contributed by atoms with Crippen molar-refractivity contribution in [2.75, 3.05) is 37.7 Å². The Morgan fingerprint density at radius 3 is 2.21 bits per heavy atom. The fourth-order valence-corrected chi connectivity index (χ4v) is 3.78. The number of esters is 1. The first-order valence-electron chi connectivity index (χ1n) is 10.7. The number of amides is 1. The van der Waals surface area contributed by atoms with Crippen LogP contribution in [0.1, 0.15) is 39.2 Å². The topological polar surface area (TPSA) is 88.5 Å². The predicted molar refractivity (Wildman–Crippen MR) is 118 cm³/mol. The number of anilines is 1. The van der Waals surface area contributed by atoms with Gasteiger partial charge in [0.05, 0.1) is 28.9 Å². The number of benzene rings is 1. The van der Waals surface area contributed by atoms with Crippen molar-refractivity contribution < 1.29 is 27.5 Å². The largest absolute Gasteiger partial charge is 0.461 e. The highest BCUT2D eigenvalue weighted by atomic mass is 19.4. The van der Waals surface area contributed by atoms with E-state index in [2.05, 4.69) is 15.0 Å². The molecule has 1 fully saturated rings. The molecule has 3 heterocycles. The molecule has 2 aromatic heterocycles. The lowest BCUT2D eigenvalue weighted by molar-refractivity contribution is -0.141. The predicted octanol–water partition coefficient (Wildman–Crippen LogP) is 3.49. The Balaban J connectivity index is 1.54. The number of pyridine rings is 1. The second-order valence-electron chi connectivity index (χ2n) is 7.71. The molecule has 8 nitrogen and oxygen atoms in total. The zero-order chi connectivity index (χ0) is 24.5. The fraction of sp³-hybridized carbons (Fsp3) is 0.348. The van der Waals surface area contributed by atoms with E-state index in [9.17, 15) is 22.8 Å². The van der Waals surface area contributed by atoms with Gasteiger partial charge in [-0.3, -0.25) is 4.79 Å². The number of ether oxygens (including phenoxy) is 1. The molecule has 0 N–H and O–H groups in total. The summed E-state index contributed by atoms with van der Waals surface area (Å²) in [6, 6.07) is 9.14. The van der Waals surface area contributed by atoms with E-state index in [0.29, 0.717) is 29.9 Å². The van der Waals surface area contributed by atoms with Crippen LogP contribution in [0.2, 0.25) is 0 Å². The van der Waals surface area contributed by atoms with Gasteiger partial charge in [-0.1, -0.05) is 12.1 Å². The van der Waals surface area contributed by atoms with Crippen LogP contribution in [0.5, 0.6) is 0 Å². The van der Waals surface area contributed by atoms with Crippen molar-refractivity contribution in [3.63, 3.8) is 0 Å². The number of nitrogens with zero attached hydrogens (tertiary/aromatic N) is 5. The summed E-state index contributed by atoms with van der Waals surface area (Å²) in [5.74, 6) is -0.606. The van der Waals surface area contributed by atoms with E-state index in [1.54, 1.807) is 30.0 Å². The molecule has 0 bridgehead atoms. The van der Waals surface area contributed by atoms with Crippen molar-refractivity contribution in [1.82, 2.24) is 19.9 Å². The molecular formula is C23H22F3N5O3. The lowest BCUT2D eigenvalue weighted by Crippen LogP contribution is -2.49. The number of aryl methyl sites for hydroxylation is 1. The Labute approximate surface area is 193 Å². The van der Waals surface area contributed by atoms with Crippen LogP contribution in [0.25, 0.3) is 11.0 Å². The zero-order valence-corrected chi connectivity index (χ0v) is 18.6. The molecule has 0 radical (unpaired) electrons. The van der Waals surface area contributed by atoms with Gasteiger partial charge in [0.1, 0.15) is 5.69 Å². The van der Waals surface area contributed by atoms with Crippen molar-refractivity contribution in [3.05, 3.63) is 59.0 Å². The van der Waals surface area contributed by atoms with Gasteiger partial charge >= 0.3 is 12.1 Å². The van der Waals surface area contributed by atoms with Crippen LogP contribution in [0.3, 0.4) is 0 Å². The SMILES string of the molecule is CCOC(=O)c1nc2ccccc2nc1N1CCN(C(=O)c2ccc(C(F)(F)F)nc2C)CC1.